The molecule has 49 heavy (non-hydrogen) atoms. The second-order valence-electron chi connectivity index (χ2n) is 13.2. The van der Waals surface area contributed by atoms with E-state index in [1.165, 1.54) is 17.1 Å². The molecular formula is C35H47N9O5. The van der Waals surface area contributed by atoms with E-state index in [1.807, 2.05) is 23.2 Å². The molecule has 0 bridgehead atoms. The largest absolute Gasteiger partial charge is 0.496 e. The van der Waals surface area contributed by atoms with Crippen molar-refractivity contribution in [3.63, 3.8) is 0 Å². The lowest BCUT2D eigenvalue weighted by molar-refractivity contribution is -0.141. The molecule has 0 unspecified atom stereocenters. The van der Waals surface area contributed by atoms with Crippen molar-refractivity contribution in [1.29, 1.82) is 0 Å². The van der Waals surface area contributed by atoms with Crippen LogP contribution in [-0.4, -0.2) is 106 Å². The summed E-state index contributed by atoms with van der Waals surface area (Å²) in [5.41, 5.74) is 9.24. The van der Waals surface area contributed by atoms with Gasteiger partial charge < -0.3 is 25.4 Å². The molecule has 4 heterocycles. The van der Waals surface area contributed by atoms with Crippen molar-refractivity contribution in [1.82, 2.24) is 34.4 Å². The quantitative estimate of drug-likeness (QED) is 0.203. The van der Waals surface area contributed by atoms with Crippen molar-refractivity contribution < 1.29 is 23.9 Å². The van der Waals surface area contributed by atoms with Gasteiger partial charge in [0.1, 0.15) is 17.0 Å². The zero-order chi connectivity index (χ0) is 34.5. The van der Waals surface area contributed by atoms with E-state index in [0.717, 1.165) is 69.3 Å². The molecule has 1 saturated carbocycles. The molecule has 6 rings (SSSR count). The Hall–Kier alpha value is -4.72. The summed E-state index contributed by atoms with van der Waals surface area (Å²) in [4.78, 5) is 51.7. The Kier molecular flexibility index (Phi) is 10.6. The Labute approximate surface area is 286 Å². The molecule has 0 spiro atoms. The standard InChI is InChI=1S/C35H47N9O5/c1-4-5-12-37-33-32-27(38-35(36)39-33)22-43(40-32)21-26-28(48-2)17-24(18-29(26)49-3)19-41-13-15-42(16-14-41)34(47)25-8-6-23(7-9-25)20-44-30(45)10-11-31(44)46/h10-11,17-18,22-23,25H,4-9,12-16,19-21H2,1-3H3,(H3,36,37,38,39). The first-order chi connectivity index (χ1) is 23.8. The van der Waals surface area contributed by atoms with Crippen LogP contribution in [0, 0.1) is 11.8 Å². The monoisotopic (exact) mass is 673 g/mol. The number of unbranched alkanes of at least 4 members (excludes halogenated alkanes) is 1. The molecule has 1 aromatic carbocycles. The van der Waals surface area contributed by atoms with Gasteiger partial charge >= 0.3 is 0 Å². The molecule has 2 fully saturated rings. The first-order valence-electron chi connectivity index (χ1n) is 17.3. The second-order valence-corrected chi connectivity index (χ2v) is 13.2. The van der Waals surface area contributed by atoms with E-state index in [9.17, 15) is 14.4 Å². The molecular weight excluding hydrogens is 626 g/mol. The van der Waals surface area contributed by atoms with Gasteiger partial charge in [-0.25, -0.2) is 4.98 Å². The number of rotatable bonds is 13. The number of nitrogens with one attached hydrogen (secondary N) is 1. The highest BCUT2D eigenvalue weighted by Gasteiger charge is 2.34. The predicted octanol–water partition coefficient (Wildman–Crippen LogP) is 3.06. The van der Waals surface area contributed by atoms with Crippen LogP contribution in [0.3, 0.4) is 0 Å². The fourth-order valence-corrected chi connectivity index (χ4v) is 7.12. The smallest absolute Gasteiger partial charge is 0.253 e. The number of anilines is 2. The van der Waals surface area contributed by atoms with Gasteiger partial charge in [0.2, 0.25) is 11.9 Å². The van der Waals surface area contributed by atoms with Crippen molar-refractivity contribution in [3.8, 4) is 11.5 Å². The topological polar surface area (TPSA) is 161 Å². The van der Waals surface area contributed by atoms with E-state index >= 15 is 0 Å². The summed E-state index contributed by atoms with van der Waals surface area (Å²) in [5, 5.41) is 8.11. The van der Waals surface area contributed by atoms with Crippen LogP contribution >= 0.6 is 0 Å². The van der Waals surface area contributed by atoms with Crippen LogP contribution in [0.5, 0.6) is 11.5 Å². The summed E-state index contributed by atoms with van der Waals surface area (Å²) >= 11 is 0. The number of hydrogen-bond acceptors (Lipinski definition) is 11. The molecule has 3 aromatic rings. The first kappa shape index (κ1) is 34.2. The van der Waals surface area contributed by atoms with Crippen LogP contribution in [0.1, 0.15) is 56.6 Å². The normalized spacial score (nSPS) is 20.0. The number of nitrogens with two attached hydrogens (primary N) is 1. The number of methoxy groups -OCH3 is 2. The molecule has 262 valence electrons. The van der Waals surface area contributed by atoms with Crippen molar-refractivity contribution >= 4 is 40.5 Å². The van der Waals surface area contributed by atoms with Crippen LogP contribution in [0.4, 0.5) is 11.8 Å². The molecule has 3 N–H and O–H groups in total. The molecule has 2 aliphatic heterocycles. The van der Waals surface area contributed by atoms with Crippen LogP contribution in [0.2, 0.25) is 0 Å². The molecule has 14 nitrogen and oxygen atoms in total. The minimum atomic E-state index is -0.233. The van der Waals surface area contributed by atoms with Crippen molar-refractivity contribution in [2.24, 2.45) is 11.8 Å². The zero-order valence-electron chi connectivity index (χ0n) is 28.7. The molecule has 14 heteroatoms. The molecule has 1 aliphatic carbocycles. The summed E-state index contributed by atoms with van der Waals surface area (Å²) in [5.74, 6) is 2.27. The maximum Gasteiger partial charge on any atom is 0.253 e. The van der Waals surface area contributed by atoms with Crippen LogP contribution < -0.4 is 20.5 Å². The lowest BCUT2D eigenvalue weighted by Crippen LogP contribution is -2.50. The number of ether oxygens (including phenoxy) is 2. The second kappa shape index (κ2) is 15.2. The summed E-state index contributed by atoms with van der Waals surface area (Å²) in [6, 6.07) is 4.10. The van der Waals surface area contributed by atoms with E-state index in [4.69, 9.17) is 20.3 Å². The number of nitrogen functional groups attached to an aromatic ring is 1. The molecule has 2 aromatic heterocycles. The summed E-state index contributed by atoms with van der Waals surface area (Å²) in [7, 11) is 3.31. The summed E-state index contributed by atoms with van der Waals surface area (Å²) in [6.07, 6.45) is 9.89. The number of carbonyl (C=O) groups is 3. The number of piperazine rings is 1. The van der Waals surface area contributed by atoms with Gasteiger partial charge in [0.15, 0.2) is 11.3 Å². The van der Waals surface area contributed by atoms with E-state index in [-0.39, 0.29) is 35.5 Å². The fourth-order valence-electron chi connectivity index (χ4n) is 7.12. The number of carbonyl (C=O) groups excluding carboxylic acids is 3. The molecule has 3 aliphatic rings. The number of nitrogens with zero attached hydrogens (tertiary/aromatic N) is 7. The fraction of sp³-hybridized carbons (Fsp3) is 0.543. The van der Waals surface area contributed by atoms with Crippen LogP contribution in [-0.2, 0) is 27.5 Å². The first-order valence-corrected chi connectivity index (χ1v) is 17.3. The number of benzene rings is 1. The summed E-state index contributed by atoms with van der Waals surface area (Å²) in [6.45, 7) is 7.39. The molecule has 0 atom stereocenters. The number of imide groups is 1. The third-order valence-corrected chi connectivity index (χ3v) is 9.87. The zero-order valence-corrected chi connectivity index (χ0v) is 28.7. The number of amides is 3. The maximum atomic E-state index is 13.4. The van der Waals surface area contributed by atoms with Crippen LogP contribution in [0.25, 0.3) is 11.0 Å². The van der Waals surface area contributed by atoms with Crippen molar-refractivity contribution in [3.05, 3.63) is 41.6 Å². The molecule has 0 radical (unpaired) electrons. The van der Waals surface area contributed by atoms with Crippen molar-refractivity contribution in [2.75, 3.05) is 64.5 Å². The average Bonchev–Trinajstić information content (AvgIpc) is 3.66. The lowest BCUT2D eigenvalue weighted by atomic mass is 9.81. The van der Waals surface area contributed by atoms with Gasteiger partial charge in [-0.1, -0.05) is 13.3 Å². The van der Waals surface area contributed by atoms with E-state index in [1.54, 1.807) is 18.9 Å². The van der Waals surface area contributed by atoms with Gasteiger partial charge in [-0.2, -0.15) is 10.1 Å². The minimum absolute atomic E-state index is 0.00709. The highest BCUT2D eigenvalue weighted by molar-refractivity contribution is 6.12. The Morgan fingerprint density at radius 2 is 1.63 bits per heavy atom. The Bertz CT molecular complexity index is 1660. The van der Waals surface area contributed by atoms with Gasteiger partial charge in [-0.3, -0.25) is 28.9 Å². The van der Waals surface area contributed by atoms with Gasteiger partial charge in [-0.05, 0) is 55.7 Å². The Morgan fingerprint density at radius 1 is 0.959 bits per heavy atom. The Morgan fingerprint density at radius 3 is 2.27 bits per heavy atom. The predicted molar refractivity (Wildman–Crippen MR) is 185 cm³/mol. The third kappa shape index (κ3) is 7.79. The number of aromatic nitrogens is 4. The number of fused-ring (bicyclic) bond motifs is 1. The Balaban J connectivity index is 1.04. The van der Waals surface area contributed by atoms with Gasteiger partial charge in [0, 0.05) is 63.9 Å². The summed E-state index contributed by atoms with van der Waals surface area (Å²) < 4.78 is 13.5. The molecule has 3 amide bonds. The SMILES string of the molecule is CCCCNc1nc(N)nc2cn(Cc3c(OC)cc(CN4CCN(C(=O)C5CCC(CN6C(=O)C=CC6=O)CC5)CC4)cc3OC)nc12. The molecule has 1 saturated heterocycles. The third-order valence-electron chi connectivity index (χ3n) is 9.87. The van der Waals surface area contributed by atoms with E-state index in [2.05, 4.69) is 27.1 Å². The lowest BCUT2D eigenvalue weighted by Gasteiger charge is -2.38. The average molecular weight is 674 g/mol. The maximum absolute atomic E-state index is 13.4. The highest BCUT2D eigenvalue weighted by atomic mass is 16.5. The minimum Gasteiger partial charge on any atom is -0.496 e. The van der Waals surface area contributed by atoms with E-state index in [0.29, 0.717) is 61.1 Å². The van der Waals surface area contributed by atoms with Crippen molar-refractivity contribution in [2.45, 2.75) is 58.5 Å². The number of hydrogen-bond donors (Lipinski definition) is 2. The van der Waals surface area contributed by atoms with Gasteiger partial charge in [0.05, 0.1) is 32.5 Å². The van der Waals surface area contributed by atoms with Crippen LogP contribution in [0.15, 0.2) is 30.5 Å². The van der Waals surface area contributed by atoms with E-state index < -0.39 is 0 Å². The highest BCUT2D eigenvalue weighted by Crippen LogP contribution is 2.34. The van der Waals surface area contributed by atoms with Gasteiger partial charge in [-0.15, -0.1) is 0 Å². The van der Waals surface area contributed by atoms with Gasteiger partial charge in [0.25, 0.3) is 11.8 Å².